The number of nitrogens with one attached hydrogen (secondary N) is 3. The summed E-state index contributed by atoms with van der Waals surface area (Å²) in [4.78, 5) is 35.3. The van der Waals surface area contributed by atoms with E-state index >= 15 is 13.2 Å². The molecule has 5 heterocycles. The summed E-state index contributed by atoms with van der Waals surface area (Å²) in [5.41, 5.74) is -4.81. The van der Waals surface area contributed by atoms with Crippen LogP contribution in [0.15, 0.2) is 47.5 Å². The van der Waals surface area contributed by atoms with E-state index in [0.29, 0.717) is 30.8 Å². The topological polar surface area (TPSA) is 160 Å². The highest BCUT2D eigenvalue weighted by molar-refractivity contribution is 7.89. The van der Waals surface area contributed by atoms with E-state index in [4.69, 9.17) is 0 Å². The fourth-order valence-corrected chi connectivity index (χ4v) is 9.95. The van der Waals surface area contributed by atoms with Crippen LogP contribution in [0.5, 0.6) is 0 Å². The number of rotatable bonds is 11. The second-order valence-corrected chi connectivity index (χ2v) is 18.5. The average Bonchev–Trinajstić information content (AvgIpc) is 3.18. The molecule has 0 aliphatic carbocycles. The Morgan fingerprint density at radius 2 is 1.76 bits per heavy atom. The largest absolute Gasteiger partial charge is 0.421 e. The van der Waals surface area contributed by atoms with Crippen molar-refractivity contribution in [1.29, 1.82) is 0 Å². The number of aromatic nitrogens is 2. The summed E-state index contributed by atoms with van der Waals surface area (Å²) in [6.07, 6.45) is -8.45. The van der Waals surface area contributed by atoms with Crippen LogP contribution in [-0.2, 0) is 25.8 Å². The number of anilines is 4. The van der Waals surface area contributed by atoms with Crippen LogP contribution in [0, 0.1) is 5.82 Å². The van der Waals surface area contributed by atoms with Gasteiger partial charge in [-0.3, -0.25) is 19.8 Å². The van der Waals surface area contributed by atoms with Gasteiger partial charge in [0.2, 0.25) is 27.8 Å². The second-order valence-electron chi connectivity index (χ2n) is 16.7. The number of alkyl halides is 7. The molecule has 4 N–H and O–H groups in total. The minimum atomic E-state index is -4.87. The van der Waals surface area contributed by atoms with Crippen LogP contribution in [0.2, 0.25) is 0 Å². The fourth-order valence-electron chi connectivity index (χ4n) is 8.62. The number of sulfonamides is 1. The zero-order valence-corrected chi connectivity index (χ0v) is 34.3. The molecule has 4 atom stereocenters. The quantitative estimate of drug-likeness (QED) is 0.134. The van der Waals surface area contributed by atoms with E-state index in [1.165, 1.54) is 24.0 Å². The van der Waals surface area contributed by atoms with Crippen molar-refractivity contribution < 1.29 is 58.2 Å². The molecule has 2 amide bonds. The number of nitrogens with zero attached hydrogens (tertiary/aromatic N) is 5. The Labute approximate surface area is 352 Å². The van der Waals surface area contributed by atoms with Crippen LogP contribution >= 0.6 is 0 Å². The van der Waals surface area contributed by atoms with E-state index in [2.05, 4.69) is 25.3 Å². The van der Waals surface area contributed by atoms with Crippen molar-refractivity contribution in [3.63, 3.8) is 0 Å². The first-order valence-electron chi connectivity index (χ1n) is 20.2. The molecule has 7 rings (SSSR count). The first-order chi connectivity index (χ1) is 29.1. The van der Waals surface area contributed by atoms with Crippen molar-refractivity contribution in [3.05, 3.63) is 65.1 Å². The van der Waals surface area contributed by atoms with Crippen LogP contribution < -0.4 is 25.2 Å². The van der Waals surface area contributed by atoms with Gasteiger partial charge >= 0.3 is 6.18 Å². The molecule has 0 bridgehead atoms. The standard InChI is InChI=1S/C40H46F8N8O5S/c1-38(59)10-2-13-56(21-38)35-28(40(46,47)48)19-49-37(52-35)50-31-7-4-24(18-27(31)34(43)44)62(60,61)53-32-9-14-54(20-30(32)42)22-39(45)11-15-55(16-12-39)23-3-5-25(29(41)17-23)26-6-8-33(57)51-36(26)58/h3-5,7,17-19,26,30,32,34,53,59H,2,6,8-16,20-22H2,1H3,(H,49,50,52)(H,51,57,58)/t26?,30-,32+,38-/m0/s1. The molecule has 4 aliphatic rings. The summed E-state index contributed by atoms with van der Waals surface area (Å²) >= 11 is 0. The first kappa shape index (κ1) is 45.4. The minimum absolute atomic E-state index is 0.0398. The van der Waals surface area contributed by atoms with Crippen LogP contribution in [0.25, 0.3) is 0 Å². The van der Waals surface area contributed by atoms with Gasteiger partial charge in [0.15, 0.2) is 0 Å². The number of hydrogen-bond donors (Lipinski definition) is 4. The summed E-state index contributed by atoms with van der Waals surface area (Å²) in [5, 5.41) is 15.2. The van der Waals surface area contributed by atoms with Crippen LogP contribution in [0.3, 0.4) is 0 Å². The lowest BCUT2D eigenvalue weighted by Gasteiger charge is -2.42. The third-order valence-corrected chi connectivity index (χ3v) is 13.4. The fraction of sp³-hybridized carbons (Fsp3) is 0.550. The van der Waals surface area contributed by atoms with Gasteiger partial charge in [0.25, 0.3) is 6.43 Å². The molecule has 62 heavy (non-hydrogen) atoms. The van der Waals surface area contributed by atoms with E-state index < -0.39 is 103 Å². The summed E-state index contributed by atoms with van der Waals surface area (Å²) < 4.78 is 146. The summed E-state index contributed by atoms with van der Waals surface area (Å²) in [6.45, 7) is 1.53. The number of β-amino-alcohol motifs (C(OH)–C–C–N with tert-alkyl or cyclic N) is 1. The molecule has 22 heteroatoms. The SMILES string of the molecule is C[C@]1(O)CCCN(c2nc(Nc3ccc(S(=O)(=O)N[C@@H]4CCN(CC5(F)CCN(c6ccc(C7CCC(=O)NC7=O)c(F)c6)CC5)C[C@@H]4F)cc3C(F)F)ncc2C(F)(F)F)C1. The van der Waals surface area contributed by atoms with E-state index in [0.717, 1.165) is 12.1 Å². The van der Waals surface area contributed by atoms with E-state index in [1.54, 1.807) is 15.9 Å². The van der Waals surface area contributed by atoms with Crippen molar-refractivity contribution in [1.82, 2.24) is 24.9 Å². The Morgan fingerprint density at radius 3 is 2.40 bits per heavy atom. The molecule has 2 aromatic carbocycles. The predicted octanol–water partition coefficient (Wildman–Crippen LogP) is 5.89. The Bertz CT molecular complexity index is 2280. The molecule has 13 nitrogen and oxygen atoms in total. The number of likely N-dealkylation sites (tertiary alicyclic amines) is 1. The molecule has 1 unspecified atom stereocenters. The number of amides is 2. The molecule has 3 aromatic rings. The molecular formula is C40H46F8N8O5S. The lowest BCUT2D eigenvalue weighted by atomic mass is 9.89. The van der Waals surface area contributed by atoms with Crippen molar-refractivity contribution in [3.8, 4) is 0 Å². The van der Waals surface area contributed by atoms with Gasteiger partial charge < -0.3 is 20.2 Å². The lowest BCUT2D eigenvalue weighted by Crippen LogP contribution is -2.56. The van der Waals surface area contributed by atoms with Gasteiger partial charge in [-0.15, -0.1) is 0 Å². The normalized spacial score (nSPS) is 25.2. The Morgan fingerprint density at radius 1 is 1.02 bits per heavy atom. The van der Waals surface area contributed by atoms with E-state index in [-0.39, 0.29) is 83.5 Å². The Kier molecular flexibility index (Phi) is 12.8. The molecular weight excluding hydrogens is 857 g/mol. The monoisotopic (exact) mass is 902 g/mol. The number of carbonyl (C=O) groups excluding carboxylic acids is 2. The lowest BCUT2D eigenvalue weighted by molar-refractivity contribution is -0.138. The maximum absolute atomic E-state index is 16.1. The zero-order chi connectivity index (χ0) is 44.8. The van der Waals surface area contributed by atoms with Crippen LogP contribution in [0.1, 0.15) is 80.9 Å². The number of hydrogen-bond acceptors (Lipinski definition) is 11. The highest BCUT2D eigenvalue weighted by atomic mass is 32.2. The van der Waals surface area contributed by atoms with Gasteiger partial charge in [0.05, 0.1) is 22.5 Å². The molecule has 338 valence electrons. The highest BCUT2D eigenvalue weighted by Crippen LogP contribution is 2.39. The Balaban J connectivity index is 0.953. The number of imide groups is 1. The van der Waals surface area contributed by atoms with Crippen molar-refractivity contribution in [2.75, 3.05) is 60.9 Å². The number of benzene rings is 2. The number of halogens is 8. The predicted molar refractivity (Wildman–Crippen MR) is 211 cm³/mol. The average molecular weight is 903 g/mol. The number of piperidine rings is 4. The molecule has 0 saturated carbocycles. The molecule has 4 aliphatic heterocycles. The second kappa shape index (κ2) is 17.5. The molecule has 4 fully saturated rings. The van der Waals surface area contributed by atoms with Crippen molar-refractivity contribution in [2.45, 2.75) is 98.8 Å². The van der Waals surface area contributed by atoms with Gasteiger partial charge in [0.1, 0.15) is 29.0 Å². The van der Waals surface area contributed by atoms with E-state index in [1.807, 2.05) is 0 Å². The molecule has 4 saturated heterocycles. The first-order valence-corrected chi connectivity index (χ1v) is 21.6. The van der Waals surface area contributed by atoms with Crippen LogP contribution in [0.4, 0.5) is 58.3 Å². The Hall–Kier alpha value is -4.67. The van der Waals surface area contributed by atoms with Gasteiger partial charge in [0, 0.05) is 93.8 Å². The third-order valence-electron chi connectivity index (χ3n) is 11.9. The maximum Gasteiger partial charge on any atom is 0.421 e. The summed E-state index contributed by atoms with van der Waals surface area (Å²) in [7, 11) is -4.60. The molecule has 0 spiro atoms. The number of carbonyl (C=O) groups is 2. The van der Waals surface area contributed by atoms with Crippen molar-refractivity contribution in [2.24, 2.45) is 0 Å². The minimum Gasteiger partial charge on any atom is -0.388 e. The van der Waals surface area contributed by atoms with Gasteiger partial charge in [-0.05, 0) is 62.9 Å². The maximum atomic E-state index is 16.1. The highest BCUT2D eigenvalue weighted by Gasteiger charge is 2.42. The number of aliphatic hydroxyl groups is 1. The smallest absolute Gasteiger partial charge is 0.388 e. The summed E-state index contributed by atoms with van der Waals surface area (Å²) in [5.74, 6) is -3.44. The van der Waals surface area contributed by atoms with Crippen molar-refractivity contribution >= 4 is 45.0 Å². The van der Waals surface area contributed by atoms with Gasteiger partial charge in [-0.1, -0.05) is 6.07 Å². The van der Waals surface area contributed by atoms with Gasteiger partial charge in [-0.2, -0.15) is 18.2 Å². The van der Waals surface area contributed by atoms with Gasteiger partial charge in [-0.25, -0.2) is 40.1 Å². The van der Waals surface area contributed by atoms with E-state index in [9.17, 15) is 45.1 Å². The molecule has 0 radical (unpaired) electrons. The summed E-state index contributed by atoms with van der Waals surface area (Å²) in [6, 6.07) is 5.74. The third kappa shape index (κ3) is 10.2. The van der Waals surface area contributed by atoms with Crippen LogP contribution in [-0.4, -0.2) is 110 Å². The zero-order valence-electron chi connectivity index (χ0n) is 33.5. The molecule has 1 aromatic heterocycles.